The molecule has 0 atom stereocenters. The minimum Gasteiger partial charge on any atom is -0.408 e. The van der Waals surface area contributed by atoms with E-state index in [0.717, 1.165) is 0 Å². The van der Waals surface area contributed by atoms with Crippen molar-refractivity contribution in [1.82, 2.24) is 14.4 Å². The molecule has 0 saturated carbocycles. The molecule has 0 spiro atoms. The van der Waals surface area contributed by atoms with Crippen LogP contribution in [0.25, 0.3) is 16.7 Å². The highest BCUT2D eigenvalue weighted by molar-refractivity contribution is 6.04. The number of aromatic nitrogens is 3. The van der Waals surface area contributed by atoms with Gasteiger partial charge in [0.15, 0.2) is 5.58 Å². The first-order valence-corrected chi connectivity index (χ1v) is 7.02. The van der Waals surface area contributed by atoms with E-state index < -0.39 is 17.2 Å². The highest BCUT2D eigenvalue weighted by Gasteiger charge is 2.14. The number of fused-ring (bicyclic) bond motifs is 2. The number of nitrogens with zero attached hydrogens (tertiary/aromatic N) is 2. The van der Waals surface area contributed by atoms with Crippen LogP contribution in [0.4, 0.5) is 5.69 Å². The van der Waals surface area contributed by atoms with Gasteiger partial charge in [-0.1, -0.05) is 6.07 Å². The zero-order valence-corrected chi connectivity index (χ0v) is 12.1. The van der Waals surface area contributed by atoms with E-state index in [9.17, 15) is 14.4 Å². The zero-order chi connectivity index (χ0) is 16.7. The summed E-state index contributed by atoms with van der Waals surface area (Å²) in [7, 11) is 0. The van der Waals surface area contributed by atoms with Crippen LogP contribution in [0.3, 0.4) is 0 Å². The number of oxazole rings is 1. The van der Waals surface area contributed by atoms with Crippen molar-refractivity contribution in [2.75, 3.05) is 5.32 Å². The maximum absolute atomic E-state index is 12.4. The van der Waals surface area contributed by atoms with E-state index in [1.165, 1.54) is 10.6 Å². The van der Waals surface area contributed by atoms with E-state index in [-0.39, 0.29) is 5.56 Å². The molecule has 1 aromatic carbocycles. The van der Waals surface area contributed by atoms with Crippen LogP contribution in [0, 0.1) is 0 Å². The summed E-state index contributed by atoms with van der Waals surface area (Å²) < 4.78 is 6.19. The Morgan fingerprint density at radius 2 is 2.08 bits per heavy atom. The van der Waals surface area contributed by atoms with E-state index in [1.54, 1.807) is 42.6 Å². The largest absolute Gasteiger partial charge is 0.417 e. The van der Waals surface area contributed by atoms with Crippen LogP contribution in [-0.2, 0) is 0 Å². The van der Waals surface area contributed by atoms with E-state index in [4.69, 9.17) is 4.42 Å². The normalized spacial score (nSPS) is 11.0. The third-order valence-electron chi connectivity index (χ3n) is 3.53. The molecule has 118 valence electrons. The highest BCUT2D eigenvalue weighted by atomic mass is 16.4. The number of hydrogen-bond acceptors (Lipinski definition) is 5. The predicted octanol–water partition coefficient (Wildman–Crippen LogP) is 1.38. The van der Waals surface area contributed by atoms with Crippen LogP contribution in [0.1, 0.15) is 10.4 Å². The van der Waals surface area contributed by atoms with Crippen molar-refractivity contribution < 1.29 is 9.21 Å². The number of rotatable bonds is 2. The number of carbonyl (C=O) groups excluding carboxylic acids is 1. The second kappa shape index (κ2) is 5.20. The Labute approximate surface area is 133 Å². The van der Waals surface area contributed by atoms with Crippen molar-refractivity contribution in [2.24, 2.45) is 0 Å². The minimum absolute atomic E-state index is 0.0838. The van der Waals surface area contributed by atoms with Crippen molar-refractivity contribution in [3.8, 4) is 0 Å². The van der Waals surface area contributed by atoms with Gasteiger partial charge in [0, 0.05) is 18.1 Å². The second-order valence-corrected chi connectivity index (χ2v) is 5.09. The summed E-state index contributed by atoms with van der Waals surface area (Å²) >= 11 is 0. The van der Waals surface area contributed by atoms with Gasteiger partial charge in [-0.2, -0.15) is 0 Å². The molecule has 3 heterocycles. The molecule has 24 heavy (non-hydrogen) atoms. The SMILES string of the molecule is O=C(Nc1ccc2oc(=O)[nH]c2c1)c1cnc2ccccn2c1=O. The fraction of sp³-hybridized carbons (Fsp3) is 0. The lowest BCUT2D eigenvalue weighted by Crippen LogP contribution is -2.26. The van der Waals surface area contributed by atoms with Gasteiger partial charge in [-0.05, 0) is 30.3 Å². The van der Waals surface area contributed by atoms with Gasteiger partial charge in [0.25, 0.3) is 11.5 Å². The molecule has 8 heteroatoms. The Balaban J connectivity index is 1.71. The molecule has 3 aromatic heterocycles. The lowest BCUT2D eigenvalue weighted by atomic mass is 10.2. The first-order valence-electron chi connectivity index (χ1n) is 7.02. The molecule has 0 aliphatic carbocycles. The van der Waals surface area contributed by atoms with E-state index in [2.05, 4.69) is 15.3 Å². The van der Waals surface area contributed by atoms with Gasteiger partial charge in [-0.25, -0.2) is 9.78 Å². The number of carbonyl (C=O) groups is 1. The van der Waals surface area contributed by atoms with Crippen LogP contribution in [0.5, 0.6) is 0 Å². The Kier molecular flexibility index (Phi) is 3.02. The number of H-pyrrole nitrogens is 1. The van der Waals surface area contributed by atoms with Crippen LogP contribution >= 0.6 is 0 Å². The van der Waals surface area contributed by atoms with Crippen molar-refractivity contribution in [1.29, 1.82) is 0 Å². The molecule has 0 saturated heterocycles. The molecular weight excluding hydrogens is 312 g/mol. The molecule has 0 unspecified atom stereocenters. The van der Waals surface area contributed by atoms with E-state index in [1.807, 2.05) is 0 Å². The maximum Gasteiger partial charge on any atom is 0.417 e. The number of nitrogens with one attached hydrogen (secondary N) is 2. The van der Waals surface area contributed by atoms with E-state index >= 15 is 0 Å². The molecule has 2 N–H and O–H groups in total. The molecule has 4 aromatic rings. The van der Waals surface area contributed by atoms with Gasteiger partial charge in [0.1, 0.15) is 11.2 Å². The third-order valence-corrected chi connectivity index (χ3v) is 3.53. The average Bonchev–Trinajstić information content (AvgIpc) is 2.94. The summed E-state index contributed by atoms with van der Waals surface area (Å²) in [4.78, 5) is 42.5. The van der Waals surface area contributed by atoms with Crippen molar-refractivity contribution in [3.05, 3.63) is 75.3 Å². The molecule has 1 amide bonds. The number of hydrogen-bond donors (Lipinski definition) is 2. The molecule has 0 aliphatic heterocycles. The number of anilines is 1. The first-order chi connectivity index (χ1) is 11.6. The van der Waals surface area contributed by atoms with Gasteiger partial charge in [-0.15, -0.1) is 0 Å². The standard InChI is InChI=1S/C16H10N4O4/c21-14(10-8-17-13-3-1-2-6-20(13)15(10)22)18-9-4-5-12-11(7-9)19-16(23)24-12/h1-8H,(H,18,21)(H,19,23). The lowest BCUT2D eigenvalue weighted by molar-refractivity contribution is 0.102. The van der Waals surface area contributed by atoms with Gasteiger partial charge >= 0.3 is 5.76 Å². The topological polar surface area (TPSA) is 109 Å². The summed E-state index contributed by atoms with van der Waals surface area (Å²) in [5, 5.41) is 2.61. The smallest absolute Gasteiger partial charge is 0.408 e. The van der Waals surface area contributed by atoms with Crippen LogP contribution in [0.2, 0.25) is 0 Å². The number of aromatic amines is 1. The summed E-state index contributed by atoms with van der Waals surface area (Å²) in [5.74, 6) is -1.17. The average molecular weight is 322 g/mol. The first kappa shape index (κ1) is 13.9. The molecule has 0 fully saturated rings. The number of pyridine rings is 1. The van der Waals surface area contributed by atoms with Gasteiger partial charge in [0.2, 0.25) is 0 Å². The molecule has 0 aliphatic rings. The van der Waals surface area contributed by atoms with Gasteiger partial charge < -0.3 is 9.73 Å². The summed E-state index contributed by atoms with van der Waals surface area (Å²) in [5.41, 5.74) is 1.16. The summed E-state index contributed by atoms with van der Waals surface area (Å²) in [6.45, 7) is 0. The van der Waals surface area contributed by atoms with E-state index in [0.29, 0.717) is 22.4 Å². The number of amides is 1. The Bertz CT molecular complexity index is 1200. The lowest BCUT2D eigenvalue weighted by Gasteiger charge is -2.06. The second-order valence-electron chi connectivity index (χ2n) is 5.09. The zero-order valence-electron chi connectivity index (χ0n) is 12.1. The maximum atomic E-state index is 12.4. The van der Waals surface area contributed by atoms with Crippen LogP contribution in [-0.4, -0.2) is 20.3 Å². The Hall–Kier alpha value is -3.68. The van der Waals surface area contributed by atoms with Crippen molar-refractivity contribution in [3.63, 3.8) is 0 Å². The quantitative estimate of drug-likeness (QED) is 0.579. The monoisotopic (exact) mass is 322 g/mol. The van der Waals surface area contributed by atoms with Crippen LogP contribution in [0.15, 0.2) is 62.8 Å². The molecule has 0 radical (unpaired) electrons. The van der Waals surface area contributed by atoms with Crippen molar-refractivity contribution >= 4 is 28.3 Å². The Morgan fingerprint density at radius 1 is 1.21 bits per heavy atom. The molecule has 4 rings (SSSR count). The number of benzene rings is 1. The Morgan fingerprint density at radius 3 is 2.96 bits per heavy atom. The molecule has 0 bridgehead atoms. The minimum atomic E-state index is -0.587. The molecule has 8 nitrogen and oxygen atoms in total. The van der Waals surface area contributed by atoms with Gasteiger partial charge in [0.05, 0.1) is 5.52 Å². The van der Waals surface area contributed by atoms with Crippen molar-refractivity contribution in [2.45, 2.75) is 0 Å². The summed E-state index contributed by atoms with van der Waals surface area (Å²) in [6, 6.07) is 9.78. The third kappa shape index (κ3) is 2.26. The predicted molar refractivity (Wildman–Crippen MR) is 86.2 cm³/mol. The highest BCUT2D eigenvalue weighted by Crippen LogP contribution is 2.16. The fourth-order valence-corrected chi connectivity index (χ4v) is 2.41. The fourth-order valence-electron chi connectivity index (χ4n) is 2.41. The van der Waals surface area contributed by atoms with Crippen LogP contribution < -0.4 is 16.6 Å². The summed E-state index contributed by atoms with van der Waals surface area (Å²) in [6.07, 6.45) is 2.79. The molecular formula is C16H10N4O4. The van der Waals surface area contributed by atoms with Gasteiger partial charge in [-0.3, -0.25) is 19.0 Å².